The number of hydrogen-bond acceptors (Lipinski definition) is 3. The van der Waals surface area contributed by atoms with Crippen molar-refractivity contribution in [3.05, 3.63) is 33.3 Å². The van der Waals surface area contributed by atoms with E-state index >= 15 is 0 Å². The van der Waals surface area contributed by atoms with Crippen LogP contribution in [0, 0.1) is 16.0 Å². The Labute approximate surface area is 105 Å². The molecule has 1 atom stereocenters. The van der Waals surface area contributed by atoms with Crippen LogP contribution in [0.5, 0.6) is 0 Å². The Hall–Kier alpha value is -1.29. The first-order valence-electron chi connectivity index (χ1n) is 5.78. The molecule has 1 unspecified atom stereocenters. The molecular weight excluding hydrogens is 240 g/mol. The third-order valence-electron chi connectivity index (χ3n) is 3.40. The van der Waals surface area contributed by atoms with E-state index in [1.165, 1.54) is 25.3 Å². The van der Waals surface area contributed by atoms with Gasteiger partial charge in [0.1, 0.15) is 5.69 Å². The van der Waals surface area contributed by atoms with Crippen LogP contribution in [-0.4, -0.2) is 11.0 Å². The zero-order chi connectivity index (χ0) is 12.4. The minimum absolute atomic E-state index is 0.0839. The fourth-order valence-corrected chi connectivity index (χ4v) is 2.26. The predicted octanol–water partition coefficient (Wildman–Crippen LogP) is 3.85. The molecule has 92 valence electrons. The predicted molar refractivity (Wildman–Crippen MR) is 68.5 cm³/mol. The number of nitro groups is 1. The molecule has 4 nitrogen and oxygen atoms in total. The first-order chi connectivity index (χ1) is 8.08. The molecule has 1 fully saturated rings. The lowest BCUT2D eigenvalue weighted by atomic mass is 9.80. The summed E-state index contributed by atoms with van der Waals surface area (Å²) in [4.78, 5) is 10.5. The van der Waals surface area contributed by atoms with Crippen LogP contribution in [0.2, 0.25) is 5.02 Å². The molecule has 0 aromatic heterocycles. The number of nitrogens with zero attached hydrogens (tertiary/aromatic N) is 1. The molecular formula is C12H15ClN2O2. The van der Waals surface area contributed by atoms with E-state index in [9.17, 15) is 10.1 Å². The van der Waals surface area contributed by atoms with Crippen molar-refractivity contribution >= 4 is 23.0 Å². The lowest BCUT2D eigenvalue weighted by Crippen LogP contribution is -2.31. The van der Waals surface area contributed by atoms with Crippen molar-refractivity contribution in [1.82, 2.24) is 0 Å². The van der Waals surface area contributed by atoms with Gasteiger partial charge in [0.25, 0.3) is 5.69 Å². The lowest BCUT2D eigenvalue weighted by Gasteiger charge is -2.32. The number of hydrogen-bond donors (Lipinski definition) is 1. The highest BCUT2D eigenvalue weighted by atomic mass is 35.5. The number of halogens is 1. The zero-order valence-corrected chi connectivity index (χ0v) is 10.4. The van der Waals surface area contributed by atoms with Crippen LogP contribution in [0.1, 0.15) is 26.2 Å². The largest absolute Gasteiger partial charge is 0.377 e. The molecule has 17 heavy (non-hydrogen) atoms. The van der Waals surface area contributed by atoms with E-state index in [1.54, 1.807) is 12.1 Å². The molecule has 1 aliphatic rings. The summed E-state index contributed by atoms with van der Waals surface area (Å²) in [5.74, 6) is 0.619. The number of rotatable bonds is 4. The maximum atomic E-state index is 10.9. The zero-order valence-electron chi connectivity index (χ0n) is 9.65. The van der Waals surface area contributed by atoms with E-state index in [4.69, 9.17) is 11.6 Å². The van der Waals surface area contributed by atoms with E-state index in [0.29, 0.717) is 16.6 Å². The molecule has 0 heterocycles. The second kappa shape index (κ2) is 4.92. The van der Waals surface area contributed by atoms with Gasteiger partial charge in [-0.25, -0.2) is 0 Å². The summed E-state index contributed by atoms with van der Waals surface area (Å²) in [6, 6.07) is 4.85. The van der Waals surface area contributed by atoms with Crippen LogP contribution in [0.3, 0.4) is 0 Å². The van der Waals surface area contributed by atoms with Gasteiger partial charge in [-0.15, -0.1) is 0 Å². The van der Waals surface area contributed by atoms with Gasteiger partial charge in [-0.3, -0.25) is 10.1 Å². The summed E-state index contributed by atoms with van der Waals surface area (Å²) < 4.78 is 0. The van der Waals surface area contributed by atoms with Crippen molar-refractivity contribution in [2.45, 2.75) is 32.2 Å². The van der Waals surface area contributed by atoms with Crippen LogP contribution in [0.25, 0.3) is 0 Å². The molecule has 0 spiro atoms. The molecule has 0 bridgehead atoms. The van der Waals surface area contributed by atoms with Gasteiger partial charge in [0.05, 0.1) is 4.92 Å². The molecule has 1 aromatic carbocycles. The van der Waals surface area contributed by atoms with E-state index in [2.05, 4.69) is 12.2 Å². The summed E-state index contributed by atoms with van der Waals surface area (Å²) in [6.45, 7) is 2.06. The number of nitrogens with one attached hydrogen (secondary N) is 1. The van der Waals surface area contributed by atoms with Crippen molar-refractivity contribution in [3.8, 4) is 0 Å². The molecule has 1 saturated carbocycles. The molecule has 1 aromatic rings. The number of nitro benzene ring substituents is 1. The Morgan fingerprint density at radius 2 is 2.24 bits per heavy atom. The molecule has 1 aliphatic carbocycles. The Kier molecular flexibility index (Phi) is 3.52. The Morgan fingerprint density at radius 3 is 2.76 bits per heavy atom. The monoisotopic (exact) mass is 254 g/mol. The van der Waals surface area contributed by atoms with Crippen molar-refractivity contribution in [2.75, 3.05) is 5.32 Å². The summed E-state index contributed by atoms with van der Waals surface area (Å²) in [6.07, 6.45) is 3.65. The van der Waals surface area contributed by atoms with Gasteiger partial charge < -0.3 is 5.32 Å². The average molecular weight is 255 g/mol. The van der Waals surface area contributed by atoms with Gasteiger partial charge in [0.2, 0.25) is 0 Å². The van der Waals surface area contributed by atoms with Crippen molar-refractivity contribution < 1.29 is 4.92 Å². The molecule has 0 amide bonds. The highest BCUT2D eigenvalue weighted by Gasteiger charge is 2.25. The Morgan fingerprint density at radius 1 is 1.53 bits per heavy atom. The minimum Gasteiger partial charge on any atom is -0.377 e. The fourth-order valence-electron chi connectivity index (χ4n) is 2.09. The Bertz CT molecular complexity index is 433. The molecule has 0 aliphatic heterocycles. The molecule has 5 heteroatoms. The average Bonchev–Trinajstić information content (AvgIpc) is 2.13. The maximum Gasteiger partial charge on any atom is 0.292 e. The van der Waals surface area contributed by atoms with Crippen molar-refractivity contribution in [2.24, 2.45) is 5.92 Å². The van der Waals surface area contributed by atoms with Gasteiger partial charge in [-0.1, -0.05) is 18.0 Å². The normalized spacial score (nSPS) is 17.3. The number of benzene rings is 1. The first kappa shape index (κ1) is 12.2. The number of anilines is 1. The van der Waals surface area contributed by atoms with Crippen LogP contribution in [-0.2, 0) is 0 Å². The van der Waals surface area contributed by atoms with E-state index in [-0.39, 0.29) is 16.7 Å². The maximum absolute atomic E-state index is 10.9. The van der Waals surface area contributed by atoms with Gasteiger partial charge >= 0.3 is 0 Å². The van der Waals surface area contributed by atoms with Crippen LogP contribution >= 0.6 is 11.6 Å². The standard InChI is InChI=1S/C12H15ClN2O2/c1-8(9-3-2-4-9)14-11-7-10(13)5-6-12(11)15(16)17/h5-9,14H,2-4H2,1H3. The van der Waals surface area contributed by atoms with Crippen LogP contribution < -0.4 is 5.32 Å². The summed E-state index contributed by atoms with van der Waals surface area (Å²) >= 11 is 5.87. The second-order valence-corrected chi connectivity index (χ2v) is 4.98. The van der Waals surface area contributed by atoms with Gasteiger partial charge in [0.15, 0.2) is 0 Å². The highest BCUT2D eigenvalue weighted by Crippen LogP contribution is 2.34. The molecule has 0 saturated heterocycles. The lowest BCUT2D eigenvalue weighted by molar-refractivity contribution is -0.384. The van der Waals surface area contributed by atoms with Crippen LogP contribution in [0.4, 0.5) is 11.4 Å². The summed E-state index contributed by atoms with van der Waals surface area (Å²) in [7, 11) is 0. The van der Waals surface area contributed by atoms with E-state index < -0.39 is 0 Å². The molecule has 1 N–H and O–H groups in total. The van der Waals surface area contributed by atoms with Crippen molar-refractivity contribution in [1.29, 1.82) is 0 Å². The summed E-state index contributed by atoms with van der Waals surface area (Å²) in [5, 5.41) is 14.6. The van der Waals surface area contributed by atoms with E-state index in [0.717, 1.165) is 0 Å². The van der Waals surface area contributed by atoms with Crippen molar-refractivity contribution in [3.63, 3.8) is 0 Å². The SMILES string of the molecule is CC(Nc1cc(Cl)ccc1[N+](=O)[O-])C1CCC1. The van der Waals surface area contributed by atoms with Gasteiger partial charge in [-0.05, 0) is 37.8 Å². The smallest absolute Gasteiger partial charge is 0.292 e. The molecule has 2 rings (SSSR count). The first-order valence-corrected chi connectivity index (χ1v) is 6.16. The quantitative estimate of drug-likeness (QED) is 0.656. The topological polar surface area (TPSA) is 55.2 Å². The third kappa shape index (κ3) is 2.69. The second-order valence-electron chi connectivity index (χ2n) is 4.54. The summed E-state index contributed by atoms with van der Waals surface area (Å²) in [5.41, 5.74) is 0.600. The van der Waals surface area contributed by atoms with E-state index in [1.807, 2.05) is 0 Å². The molecule has 0 radical (unpaired) electrons. The Balaban J connectivity index is 2.17. The van der Waals surface area contributed by atoms with Gasteiger partial charge in [-0.2, -0.15) is 0 Å². The highest BCUT2D eigenvalue weighted by molar-refractivity contribution is 6.31. The minimum atomic E-state index is -0.383. The van der Waals surface area contributed by atoms with Gasteiger partial charge in [0, 0.05) is 17.1 Å². The van der Waals surface area contributed by atoms with Crippen LogP contribution in [0.15, 0.2) is 18.2 Å². The fraction of sp³-hybridized carbons (Fsp3) is 0.500. The third-order valence-corrected chi connectivity index (χ3v) is 3.63.